The fraction of sp³-hybridized carbons (Fsp3) is 0.471. The maximum atomic E-state index is 14.4. The van der Waals surface area contributed by atoms with Gasteiger partial charge < -0.3 is 5.73 Å². The van der Waals surface area contributed by atoms with Crippen LogP contribution in [0.1, 0.15) is 50.7 Å². The molecular formula is C17H19F2NO. The van der Waals surface area contributed by atoms with Gasteiger partial charge in [0.05, 0.1) is 0 Å². The molecule has 0 spiro atoms. The van der Waals surface area contributed by atoms with Gasteiger partial charge in [0.15, 0.2) is 11.6 Å². The molecule has 0 aliphatic heterocycles. The Balaban J connectivity index is 2.35. The van der Waals surface area contributed by atoms with E-state index >= 15 is 0 Å². The first-order chi connectivity index (χ1) is 9.95. The van der Waals surface area contributed by atoms with Crippen LogP contribution >= 0.6 is 0 Å². The van der Waals surface area contributed by atoms with Gasteiger partial charge in [0, 0.05) is 11.8 Å². The summed E-state index contributed by atoms with van der Waals surface area (Å²) in [6.07, 6.45) is 3.13. The Bertz CT molecular complexity index is 678. The van der Waals surface area contributed by atoms with Crippen LogP contribution in [0, 0.1) is 17.0 Å². The minimum absolute atomic E-state index is 0.113. The highest BCUT2D eigenvalue weighted by Gasteiger charge is 2.47. The van der Waals surface area contributed by atoms with E-state index < -0.39 is 17.3 Å². The fourth-order valence-electron chi connectivity index (χ4n) is 3.98. The number of hydrogen-bond acceptors (Lipinski definition) is 2. The maximum absolute atomic E-state index is 14.4. The van der Waals surface area contributed by atoms with Crippen LogP contribution < -0.4 is 5.73 Å². The first kappa shape index (κ1) is 14.2. The van der Waals surface area contributed by atoms with Gasteiger partial charge in [-0.05, 0) is 54.0 Å². The topological polar surface area (TPSA) is 43.1 Å². The summed E-state index contributed by atoms with van der Waals surface area (Å²) >= 11 is 0. The fourth-order valence-corrected chi connectivity index (χ4v) is 3.98. The van der Waals surface area contributed by atoms with E-state index in [1.807, 2.05) is 13.8 Å². The van der Waals surface area contributed by atoms with Crippen molar-refractivity contribution in [3.8, 4) is 0 Å². The monoisotopic (exact) mass is 291 g/mol. The van der Waals surface area contributed by atoms with Crippen LogP contribution in [0.3, 0.4) is 0 Å². The second-order valence-electron chi connectivity index (χ2n) is 6.05. The molecule has 3 rings (SSSR count). The summed E-state index contributed by atoms with van der Waals surface area (Å²) in [5.74, 6) is -1.27. The average molecular weight is 291 g/mol. The molecule has 0 saturated heterocycles. The number of halogens is 2. The highest BCUT2D eigenvalue weighted by molar-refractivity contribution is 6.06. The minimum atomic E-state index is -0.737. The van der Waals surface area contributed by atoms with Gasteiger partial charge in [-0.1, -0.05) is 13.8 Å². The summed E-state index contributed by atoms with van der Waals surface area (Å²) in [7, 11) is 0. The Hall–Kier alpha value is -1.71. The van der Waals surface area contributed by atoms with Gasteiger partial charge in [-0.3, -0.25) is 4.79 Å². The zero-order chi connectivity index (χ0) is 15.4. The third-order valence-electron chi connectivity index (χ3n) is 5.17. The van der Waals surface area contributed by atoms with E-state index in [-0.39, 0.29) is 11.2 Å². The number of ketones is 1. The third kappa shape index (κ3) is 1.78. The lowest BCUT2D eigenvalue weighted by Crippen LogP contribution is -2.28. The Labute approximate surface area is 123 Å². The molecule has 21 heavy (non-hydrogen) atoms. The number of nitrogen functional groups attached to an aromatic ring is 1. The van der Waals surface area contributed by atoms with Gasteiger partial charge in [0.1, 0.15) is 11.5 Å². The van der Waals surface area contributed by atoms with E-state index in [4.69, 9.17) is 5.73 Å². The summed E-state index contributed by atoms with van der Waals surface area (Å²) in [5.41, 5.74) is 7.50. The summed E-state index contributed by atoms with van der Waals surface area (Å²) in [5, 5.41) is 0. The summed E-state index contributed by atoms with van der Waals surface area (Å²) in [6.45, 7) is 3.97. The lowest BCUT2D eigenvalue weighted by Gasteiger charge is -2.35. The normalized spacial score (nSPS) is 24.3. The van der Waals surface area contributed by atoms with Crippen LogP contribution in [0.5, 0.6) is 0 Å². The van der Waals surface area contributed by atoms with Gasteiger partial charge in [0.25, 0.3) is 0 Å². The van der Waals surface area contributed by atoms with Crippen molar-refractivity contribution < 1.29 is 13.6 Å². The second kappa shape index (κ2) is 4.65. The lowest BCUT2D eigenvalue weighted by molar-refractivity contribution is -0.116. The zero-order valence-corrected chi connectivity index (χ0v) is 12.4. The number of hydrogen-bond donors (Lipinski definition) is 1. The molecular weight excluding hydrogens is 272 g/mol. The second-order valence-corrected chi connectivity index (χ2v) is 6.05. The third-order valence-corrected chi connectivity index (χ3v) is 5.17. The molecule has 1 aromatic rings. The standard InChI is InChI=1S/C17H19F2NO/c1-3-9-13(21)5-6-17(4-2)8-11-10(14(9)17)7-12(18)16(20)15(11)19/h7H,3-6,8,20H2,1-2H3. The van der Waals surface area contributed by atoms with Crippen molar-refractivity contribution in [1.82, 2.24) is 0 Å². The molecule has 0 fully saturated rings. The summed E-state index contributed by atoms with van der Waals surface area (Å²) < 4.78 is 28.2. The molecule has 0 heterocycles. The molecule has 0 saturated carbocycles. The van der Waals surface area contributed by atoms with Crippen LogP contribution in [0.4, 0.5) is 14.5 Å². The Morgan fingerprint density at radius 2 is 2.05 bits per heavy atom. The number of benzene rings is 1. The summed E-state index contributed by atoms with van der Waals surface area (Å²) in [6, 6.07) is 1.31. The molecule has 1 atom stereocenters. The minimum Gasteiger partial charge on any atom is -0.394 e. The van der Waals surface area contributed by atoms with Crippen molar-refractivity contribution in [1.29, 1.82) is 0 Å². The lowest BCUT2D eigenvalue weighted by atomic mass is 9.68. The molecule has 2 nitrogen and oxygen atoms in total. The molecule has 2 aliphatic carbocycles. The molecule has 0 aromatic heterocycles. The van der Waals surface area contributed by atoms with Crippen LogP contribution in [-0.2, 0) is 11.2 Å². The number of fused-ring (bicyclic) bond motifs is 3. The van der Waals surface area contributed by atoms with Gasteiger partial charge in [-0.2, -0.15) is 0 Å². The Morgan fingerprint density at radius 3 is 2.67 bits per heavy atom. The van der Waals surface area contributed by atoms with E-state index in [1.165, 1.54) is 6.07 Å². The predicted molar refractivity (Wildman–Crippen MR) is 78.7 cm³/mol. The van der Waals surface area contributed by atoms with Crippen molar-refractivity contribution >= 4 is 17.0 Å². The van der Waals surface area contributed by atoms with Crippen molar-refractivity contribution in [2.45, 2.75) is 46.0 Å². The van der Waals surface area contributed by atoms with Crippen molar-refractivity contribution in [2.75, 3.05) is 5.73 Å². The maximum Gasteiger partial charge on any atom is 0.159 e. The molecule has 1 unspecified atom stereocenters. The van der Waals surface area contributed by atoms with Crippen LogP contribution in [0.25, 0.3) is 5.57 Å². The predicted octanol–water partition coefficient (Wildman–Crippen LogP) is 4.03. The first-order valence-electron chi connectivity index (χ1n) is 7.48. The Morgan fingerprint density at radius 1 is 1.33 bits per heavy atom. The van der Waals surface area contributed by atoms with Crippen molar-refractivity contribution in [3.05, 3.63) is 34.4 Å². The molecule has 112 valence electrons. The molecule has 1 aromatic carbocycles. The van der Waals surface area contributed by atoms with Crippen LogP contribution in [-0.4, -0.2) is 5.78 Å². The number of nitrogens with two attached hydrogens (primary N) is 1. The molecule has 0 amide bonds. The largest absolute Gasteiger partial charge is 0.394 e. The van der Waals surface area contributed by atoms with Gasteiger partial charge in [-0.15, -0.1) is 0 Å². The van der Waals surface area contributed by atoms with E-state index in [1.54, 1.807) is 0 Å². The van der Waals surface area contributed by atoms with E-state index in [0.717, 1.165) is 17.6 Å². The molecule has 4 heteroatoms. The van der Waals surface area contributed by atoms with Gasteiger partial charge in [0.2, 0.25) is 0 Å². The highest BCUT2D eigenvalue weighted by atomic mass is 19.1. The van der Waals surface area contributed by atoms with E-state index in [2.05, 4.69) is 0 Å². The van der Waals surface area contributed by atoms with E-state index in [9.17, 15) is 13.6 Å². The molecule has 0 radical (unpaired) electrons. The van der Waals surface area contributed by atoms with Gasteiger partial charge in [-0.25, -0.2) is 8.78 Å². The average Bonchev–Trinajstić information content (AvgIpc) is 2.81. The summed E-state index contributed by atoms with van der Waals surface area (Å²) in [4.78, 5) is 12.2. The molecule has 2 N–H and O–H groups in total. The number of anilines is 1. The van der Waals surface area contributed by atoms with Gasteiger partial charge >= 0.3 is 0 Å². The zero-order valence-electron chi connectivity index (χ0n) is 12.4. The Kier molecular flexibility index (Phi) is 3.15. The number of allylic oxidation sites excluding steroid dienone is 2. The highest BCUT2D eigenvalue weighted by Crippen LogP contribution is 2.57. The molecule has 0 bridgehead atoms. The van der Waals surface area contributed by atoms with Crippen molar-refractivity contribution in [2.24, 2.45) is 5.41 Å². The quantitative estimate of drug-likeness (QED) is 0.836. The number of carbonyl (C=O) groups excluding carboxylic acids is 1. The van der Waals surface area contributed by atoms with Crippen molar-refractivity contribution in [3.63, 3.8) is 0 Å². The number of rotatable bonds is 2. The SMILES string of the molecule is CCC1=C2c3cc(F)c(N)c(F)c3CC2(CC)CCC1=O. The number of carbonyl (C=O) groups is 1. The number of Topliss-reactive ketones (excluding diaryl/α,β-unsaturated/α-hetero) is 1. The van der Waals surface area contributed by atoms with Crippen LogP contribution in [0.2, 0.25) is 0 Å². The smallest absolute Gasteiger partial charge is 0.159 e. The van der Waals surface area contributed by atoms with Crippen LogP contribution in [0.15, 0.2) is 11.6 Å². The first-order valence-corrected chi connectivity index (χ1v) is 7.48. The molecule has 2 aliphatic rings. The van der Waals surface area contributed by atoms with E-state index in [0.29, 0.717) is 36.8 Å².